The summed E-state index contributed by atoms with van der Waals surface area (Å²) in [4.78, 5) is 2.57. The van der Waals surface area contributed by atoms with Crippen molar-refractivity contribution in [1.82, 2.24) is 20.0 Å². The summed E-state index contributed by atoms with van der Waals surface area (Å²) >= 11 is 0. The Morgan fingerprint density at radius 2 is 2.26 bits per heavy atom. The minimum Gasteiger partial charge on any atom is -0.312 e. The largest absolute Gasteiger partial charge is 0.312 e. The molecular formula is C15H28N4. The van der Waals surface area contributed by atoms with Crippen molar-refractivity contribution >= 4 is 0 Å². The van der Waals surface area contributed by atoms with E-state index in [0.717, 1.165) is 26.1 Å². The fourth-order valence-electron chi connectivity index (χ4n) is 2.74. The van der Waals surface area contributed by atoms with E-state index in [1.165, 1.54) is 24.4 Å². The summed E-state index contributed by atoms with van der Waals surface area (Å²) < 4.78 is 2.04. The Morgan fingerprint density at radius 1 is 1.47 bits per heavy atom. The zero-order valence-electron chi connectivity index (χ0n) is 12.8. The van der Waals surface area contributed by atoms with Crippen LogP contribution in [-0.4, -0.2) is 40.4 Å². The molecule has 0 amide bonds. The second-order valence-corrected chi connectivity index (χ2v) is 6.00. The van der Waals surface area contributed by atoms with Crippen molar-refractivity contribution < 1.29 is 0 Å². The molecule has 1 atom stereocenters. The fraction of sp³-hybridized carbons (Fsp3) is 0.800. The second kappa shape index (κ2) is 6.53. The predicted molar refractivity (Wildman–Crippen MR) is 79.1 cm³/mol. The van der Waals surface area contributed by atoms with E-state index >= 15 is 0 Å². The lowest BCUT2D eigenvalue weighted by Crippen LogP contribution is -2.41. The molecule has 4 nitrogen and oxygen atoms in total. The van der Waals surface area contributed by atoms with Crippen molar-refractivity contribution in [3.05, 3.63) is 17.5 Å². The van der Waals surface area contributed by atoms with Gasteiger partial charge in [0.15, 0.2) is 0 Å². The van der Waals surface area contributed by atoms with Crippen LogP contribution in [-0.2, 0) is 20.0 Å². The Balaban J connectivity index is 2.01. The molecule has 1 N–H and O–H groups in total. The summed E-state index contributed by atoms with van der Waals surface area (Å²) in [6.45, 7) is 11.3. The average Bonchev–Trinajstić information content (AvgIpc) is 2.60. The monoisotopic (exact) mass is 264 g/mol. The van der Waals surface area contributed by atoms with E-state index in [2.05, 4.69) is 49.2 Å². The SMILES string of the molecule is CCc1cc(CN2CCCNC(C(C)C)C2)n(C)n1. The Hall–Kier alpha value is -0.870. The van der Waals surface area contributed by atoms with Crippen LogP contribution < -0.4 is 5.32 Å². The van der Waals surface area contributed by atoms with Gasteiger partial charge in [-0.2, -0.15) is 5.10 Å². The van der Waals surface area contributed by atoms with Gasteiger partial charge in [0.25, 0.3) is 0 Å². The molecule has 0 spiro atoms. The standard InChI is InChI=1S/C15H28N4/c1-5-13-9-14(18(4)17-13)10-19-8-6-7-16-15(11-19)12(2)3/h9,12,15-16H,5-8,10-11H2,1-4H3. The van der Waals surface area contributed by atoms with Gasteiger partial charge in [0.1, 0.15) is 0 Å². The number of hydrogen-bond acceptors (Lipinski definition) is 3. The van der Waals surface area contributed by atoms with Gasteiger partial charge in [0.05, 0.1) is 11.4 Å². The molecule has 1 aromatic heterocycles. The van der Waals surface area contributed by atoms with Gasteiger partial charge in [-0.25, -0.2) is 0 Å². The third-order valence-electron chi connectivity index (χ3n) is 4.09. The predicted octanol–water partition coefficient (Wildman–Crippen LogP) is 1.80. The topological polar surface area (TPSA) is 33.1 Å². The summed E-state index contributed by atoms with van der Waals surface area (Å²) in [7, 11) is 2.06. The molecule has 0 aromatic carbocycles. The van der Waals surface area contributed by atoms with Crippen LogP contribution in [0.15, 0.2) is 6.07 Å². The molecule has 4 heteroatoms. The Bertz CT molecular complexity index is 397. The smallest absolute Gasteiger partial charge is 0.0625 e. The number of rotatable bonds is 4. The summed E-state index contributed by atoms with van der Waals surface area (Å²) in [5.41, 5.74) is 2.53. The van der Waals surface area contributed by atoms with E-state index in [1.54, 1.807) is 0 Å². The van der Waals surface area contributed by atoms with Gasteiger partial charge in [-0.15, -0.1) is 0 Å². The number of hydrogen-bond donors (Lipinski definition) is 1. The van der Waals surface area contributed by atoms with Gasteiger partial charge in [-0.3, -0.25) is 9.58 Å². The normalized spacial score (nSPS) is 21.8. The van der Waals surface area contributed by atoms with E-state index in [0.29, 0.717) is 12.0 Å². The van der Waals surface area contributed by atoms with Gasteiger partial charge in [0.2, 0.25) is 0 Å². The zero-order chi connectivity index (χ0) is 13.8. The van der Waals surface area contributed by atoms with E-state index in [4.69, 9.17) is 0 Å². The quantitative estimate of drug-likeness (QED) is 0.900. The molecule has 1 aliphatic rings. The number of aryl methyl sites for hydroxylation is 2. The zero-order valence-corrected chi connectivity index (χ0v) is 12.8. The van der Waals surface area contributed by atoms with Crippen LogP contribution in [0.3, 0.4) is 0 Å². The lowest BCUT2D eigenvalue weighted by atomic mass is 10.0. The first-order valence-corrected chi connectivity index (χ1v) is 7.57. The summed E-state index contributed by atoms with van der Waals surface area (Å²) in [6, 6.07) is 2.87. The van der Waals surface area contributed by atoms with Crippen molar-refractivity contribution in [2.75, 3.05) is 19.6 Å². The molecule has 0 saturated carbocycles. The molecule has 0 radical (unpaired) electrons. The highest BCUT2D eigenvalue weighted by Crippen LogP contribution is 2.13. The first-order chi connectivity index (χ1) is 9.10. The third-order valence-corrected chi connectivity index (χ3v) is 4.09. The van der Waals surface area contributed by atoms with Crippen LogP contribution in [0.1, 0.15) is 38.6 Å². The van der Waals surface area contributed by atoms with Crippen molar-refractivity contribution in [3.8, 4) is 0 Å². The maximum absolute atomic E-state index is 4.55. The molecule has 19 heavy (non-hydrogen) atoms. The highest BCUT2D eigenvalue weighted by molar-refractivity contribution is 5.10. The molecule has 1 fully saturated rings. The van der Waals surface area contributed by atoms with E-state index in [-0.39, 0.29) is 0 Å². The van der Waals surface area contributed by atoms with Crippen LogP contribution in [0.5, 0.6) is 0 Å². The van der Waals surface area contributed by atoms with Crippen molar-refractivity contribution in [2.24, 2.45) is 13.0 Å². The van der Waals surface area contributed by atoms with E-state index in [1.807, 2.05) is 4.68 Å². The van der Waals surface area contributed by atoms with Gasteiger partial charge >= 0.3 is 0 Å². The van der Waals surface area contributed by atoms with E-state index < -0.39 is 0 Å². The number of nitrogens with one attached hydrogen (secondary N) is 1. The molecule has 108 valence electrons. The average molecular weight is 264 g/mol. The first-order valence-electron chi connectivity index (χ1n) is 7.57. The first kappa shape index (κ1) is 14.5. The molecule has 2 heterocycles. The summed E-state index contributed by atoms with van der Waals surface area (Å²) in [6.07, 6.45) is 2.26. The van der Waals surface area contributed by atoms with Gasteiger partial charge in [-0.05, 0) is 37.9 Å². The van der Waals surface area contributed by atoms with Gasteiger partial charge < -0.3 is 5.32 Å². The molecule has 1 aliphatic heterocycles. The van der Waals surface area contributed by atoms with Gasteiger partial charge in [-0.1, -0.05) is 20.8 Å². The maximum atomic E-state index is 4.55. The van der Waals surface area contributed by atoms with Crippen molar-refractivity contribution in [1.29, 1.82) is 0 Å². The molecule has 0 bridgehead atoms. The molecular weight excluding hydrogens is 236 g/mol. The Morgan fingerprint density at radius 3 is 2.89 bits per heavy atom. The summed E-state index contributed by atoms with van der Waals surface area (Å²) in [5.74, 6) is 0.693. The lowest BCUT2D eigenvalue weighted by Gasteiger charge is -2.26. The van der Waals surface area contributed by atoms with Crippen molar-refractivity contribution in [3.63, 3.8) is 0 Å². The Kier molecular flexibility index (Phi) is 4.99. The lowest BCUT2D eigenvalue weighted by molar-refractivity contribution is 0.233. The Labute approximate surface area is 117 Å². The minimum atomic E-state index is 0.612. The van der Waals surface area contributed by atoms with Crippen LogP contribution in [0, 0.1) is 5.92 Å². The third kappa shape index (κ3) is 3.80. The second-order valence-electron chi connectivity index (χ2n) is 6.00. The maximum Gasteiger partial charge on any atom is 0.0625 e. The van der Waals surface area contributed by atoms with Crippen LogP contribution in [0.4, 0.5) is 0 Å². The molecule has 2 rings (SSSR count). The number of nitrogens with zero attached hydrogens (tertiary/aromatic N) is 3. The highest BCUT2D eigenvalue weighted by Gasteiger charge is 2.21. The summed E-state index contributed by atoms with van der Waals surface area (Å²) in [5, 5.41) is 8.21. The number of aromatic nitrogens is 2. The molecule has 1 saturated heterocycles. The van der Waals surface area contributed by atoms with Crippen LogP contribution in [0.2, 0.25) is 0 Å². The fourth-order valence-corrected chi connectivity index (χ4v) is 2.74. The molecule has 1 unspecified atom stereocenters. The van der Waals surface area contributed by atoms with Crippen LogP contribution >= 0.6 is 0 Å². The van der Waals surface area contributed by atoms with E-state index in [9.17, 15) is 0 Å². The molecule has 1 aromatic rings. The van der Waals surface area contributed by atoms with Gasteiger partial charge in [0, 0.05) is 26.2 Å². The molecule has 0 aliphatic carbocycles. The minimum absolute atomic E-state index is 0.612. The highest BCUT2D eigenvalue weighted by atomic mass is 15.3. The van der Waals surface area contributed by atoms with Crippen LogP contribution in [0.25, 0.3) is 0 Å². The van der Waals surface area contributed by atoms with Crippen molar-refractivity contribution in [2.45, 2.75) is 46.2 Å².